The molecule has 1 spiro atoms. The lowest BCUT2D eigenvalue weighted by atomic mass is 9.82. The van der Waals surface area contributed by atoms with Crippen LogP contribution in [0.5, 0.6) is 0 Å². The second-order valence-corrected chi connectivity index (χ2v) is 5.12. The first kappa shape index (κ1) is 12.6. The number of amides is 1. The van der Waals surface area contributed by atoms with Crippen molar-refractivity contribution in [3.63, 3.8) is 0 Å². The van der Waals surface area contributed by atoms with Crippen molar-refractivity contribution in [2.75, 3.05) is 26.9 Å². The third kappa shape index (κ3) is 1.93. The SMILES string of the molecule is COC(C(=O)N1CCC12COC2)c1ccc(F)cc1. The number of ether oxygens (including phenoxy) is 2. The number of likely N-dealkylation sites (tertiary alicyclic amines) is 1. The molecule has 2 fully saturated rings. The van der Waals surface area contributed by atoms with Crippen molar-refractivity contribution in [3.05, 3.63) is 35.6 Å². The summed E-state index contributed by atoms with van der Waals surface area (Å²) in [7, 11) is 1.50. The second-order valence-electron chi connectivity index (χ2n) is 5.12. The monoisotopic (exact) mass is 265 g/mol. The van der Waals surface area contributed by atoms with Crippen molar-refractivity contribution in [3.8, 4) is 0 Å². The normalized spacial score (nSPS) is 21.7. The number of carbonyl (C=O) groups excluding carboxylic acids is 1. The lowest BCUT2D eigenvalue weighted by molar-refractivity contribution is -0.206. The zero-order valence-corrected chi connectivity index (χ0v) is 10.8. The van der Waals surface area contributed by atoms with Gasteiger partial charge in [0.2, 0.25) is 0 Å². The summed E-state index contributed by atoms with van der Waals surface area (Å²) in [5, 5.41) is 0. The van der Waals surface area contributed by atoms with Crippen LogP contribution >= 0.6 is 0 Å². The minimum Gasteiger partial charge on any atom is -0.376 e. The van der Waals surface area contributed by atoms with Crippen molar-refractivity contribution in [1.29, 1.82) is 0 Å². The van der Waals surface area contributed by atoms with E-state index in [-0.39, 0.29) is 17.3 Å². The van der Waals surface area contributed by atoms with E-state index in [1.54, 1.807) is 12.1 Å². The summed E-state index contributed by atoms with van der Waals surface area (Å²) < 4.78 is 23.4. The van der Waals surface area contributed by atoms with Crippen LogP contribution in [-0.4, -0.2) is 43.2 Å². The Balaban J connectivity index is 1.78. The number of hydrogen-bond acceptors (Lipinski definition) is 3. The summed E-state index contributed by atoms with van der Waals surface area (Å²) in [4.78, 5) is 14.3. The molecule has 0 bridgehead atoms. The zero-order chi connectivity index (χ0) is 13.5. The largest absolute Gasteiger partial charge is 0.376 e. The Morgan fingerprint density at radius 3 is 2.53 bits per heavy atom. The van der Waals surface area contributed by atoms with Crippen LogP contribution in [0.25, 0.3) is 0 Å². The van der Waals surface area contributed by atoms with E-state index in [9.17, 15) is 9.18 Å². The first-order valence-corrected chi connectivity index (χ1v) is 6.34. The topological polar surface area (TPSA) is 38.8 Å². The molecular weight excluding hydrogens is 249 g/mol. The van der Waals surface area contributed by atoms with Crippen molar-refractivity contribution in [1.82, 2.24) is 4.90 Å². The molecule has 2 aliphatic rings. The fraction of sp³-hybridized carbons (Fsp3) is 0.500. The Kier molecular flexibility index (Phi) is 3.03. The zero-order valence-electron chi connectivity index (χ0n) is 10.8. The average Bonchev–Trinajstić information content (AvgIpc) is 2.29. The maximum atomic E-state index is 12.9. The molecule has 102 valence electrons. The Labute approximate surface area is 111 Å². The first-order valence-electron chi connectivity index (χ1n) is 6.34. The predicted octanol–water partition coefficient (Wildman–Crippen LogP) is 1.51. The number of benzene rings is 1. The maximum Gasteiger partial charge on any atom is 0.256 e. The van der Waals surface area contributed by atoms with Crippen LogP contribution < -0.4 is 0 Å². The van der Waals surface area contributed by atoms with Gasteiger partial charge in [-0.05, 0) is 24.1 Å². The predicted molar refractivity (Wildman–Crippen MR) is 66.0 cm³/mol. The Bertz CT molecular complexity index is 478. The molecule has 0 radical (unpaired) electrons. The summed E-state index contributed by atoms with van der Waals surface area (Å²) in [6.07, 6.45) is 0.317. The van der Waals surface area contributed by atoms with Gasteiger partial charge >= 0.3 is 0 Å². The van der Waals surface area contributed by atoms with E-state index in [2.05, 4.69) is 0 Å². The third-order valence-electron chi connectivity index (χ3n) is 4.01. The molecule has 1 amide bonds. The van der Waals surface area contributed by atoms with Crippen LogP contribution in [0, 0.1) is 5.82 Å². The lowest BCUT2D eigenvalue weighted by Gasteiger charge is -2.58. The van der Waals surface area contributed by atoms with Crippen molar-refractivity contribution >= 4 is 5.91 Å². The van der Waals surface area contributed by atoms with E-state index in [0.717, 1.165) is 13.0 Å². The minimum absolute atomic E-state index is 0.0661. The molecule has 1 atom stereocenters. The summed E-state index contributed by atoms with van der Waals surface area (Å²) in [6, 6.07) is 5.86. The molecule has 2 heterocycles. The molecule has 5 heteroatoms. The highest BCUT2D eigenvalue weighted by Gasteiger charge is 2.54. The molecule has 1 unspecified atom stereocenters. The Morgan fingerprint density at radius 2 is 2.11 bits per heavy atom. The number of halogens is 1. The standard InChI is InChI=1S/C14H16FNO3/c1-18-12(10-2-4-11(15)5-3-10)13(17)16-7-6-14(16)8-19-9-14/h2-5,12H,6-9H2,1H3. The Hall–Kier alpha value is -1.46. The van der Waals surface area contributed by atoms with Crippen molar-refractivity contribution in [2.24, 2.45) is 0 Å². The van der Waals surface area contributed by atoms with Crippen LogP contribution in [0.4, 0.5) is 4.39 Å². The van der Waals surface area contributed by atoms with E-state index in [0.29, 0.717) is 18.8 Å². The van der Waals surface area contributed by atoms with Gasteiger partial charge < -0.3 is 14.4 Å². The van der Waals surface area contributed by atoms with Gasteiger partial charge in [0, 0.05) is 13.7 Å². The van der Waals surface area contributed by atoms with Gasteiger partial charge in [0.25, 0.3) is 5.91 Å². The van der Waals surface area contributed by atoms with Crippen LogP contribution in [0.1, 0.15) is 18.1 Å². The highest BCUT2D eigenvalue weighted by atomic mass is 19.1. The van der Waals surface area contributed by atoms with Gasteiger partial charge in [-0.1, -0.05) is 12.1 Å². The molecule has 1 aromatic rings. The summed E-state index contributed by atoms with van der Waals surface area (Å²) in [5.74, 6) is -0.387. The van der Waals surface area contributed by atoms with E-state index in [1.165, 1.54) is 19.2 Å². The summed E-state index contributed by atoms with van der Waals surface area (Å²) in [6.45, 7) is 1.96. The van der Waals surface area contributed by atoms with Gasteiger partial charge in [-0.15, -0.1) is 0 Å². The first-order chi connectivity index (χ1) is 9.16. The number of hydrogen-bond donors (Lipinski definition) is 0. The molecule has 0 saturated carbocycles. The molecule has 0 N–H and O–H groups in total. The number of rotatable bonds is 3. The molecule has 1 aromatic carbocycles. The van der Waals surface area contributed by atoms with E-state index in [1.807, 2.05) is 4.90 Å². The molecule has 0 aromatic heterocycles. The summed E-state index contributed by atoms with van der Waals surface area (Å²) >= 11 is 0. The smallest absolute Gasteiger partial charge is 0.256 e. The quantitative estimate of drug-likeness (QED) is 0.831. The highest BCUT2D eigenvalue weighted by Crippen LogP contribution is 2.39. The lowest BCUT2D eigenvalue weighted by Crippen LogP contribution is -2.72. The van der Waals surface area contributed by atoms with E-state index < -0.39 is 6.10 Å². The van der Waals surface area contributed by atoms with E-state index in [4.69, 9.17) is 9.47 Å². The third-order valence-corrected chi connectivity index (χ3v) is 4.01. The van der Waals surface area contributed by atoms with Crippen LogP contribution in [0.15, 0.2) is 24.3 Å². The maximum absolute atomic E-state index is 12.9. The van der Waals surface area contributed by atoms with E-state index >= 15 is 0 Å². The van der Waals surface area contributed by atoms with Gasteiger partial charge in [-0.25, -0.2) is 4.39 Å². The van der Waals surface area contributed by atoms with Gasteiger partial charge in [0.05, 0.1) is 18.8 Å². The minimum atomic E-state index is -0.668. The second kappa shape index (κ2) is 4.58. The van der Waals surface area contributed by atoms with Gasteiger partial charge in [-0.3, -0.25) is 4.79 Å². The van der Waals surface area contributed by atoms with Crippen LogP contribution in [0.3, 0.4) is 0 Å². The number of nitrogens with zero attached hydrogens (tertiary/aromatic N) is 1. The molecular formula is C14H16FNO3. The summed E-state index contributed by atoms with van der Waals surface area (Å²) in [5.41, 5.74) is 0.574. The molecule has 2 aliphatic heterocycles. The van der Waals surface area contributed by atoms with Crippen LogP contribution in [-0.2, 0) is 14.3 Å². The molecule has 19 heavy (non-hydrogen) atoms. The van der Waals surface area contributed by atoms with Gasteiger partial charge in [0.1, 0.15) is 5.82 Å². The molecule has 3 rings (SSSR count). The highest BCUT2D eigenvalue weighted by molar-refractivity contribution is 5.84. The molecule has 2 saturated heterocycles. The van der Waals surface area contributed by atoms with Gasteiger partial charge in [-0.2, -0.15) is 0 Å². The Morgan fingerprint density at radius 1 is 1.42 bits per heavy atom. The van der Waals surface area contributed by atoms with Crippen molar-refractivity contribution in [2.45, 2.75) is 18.1 Å². The number of carbonyl (C=O) groups is 1. The van der Waals surface area contributed by atoms with Crippen molar-refractivity contribution < 1.29 is 18.7 Å². The van der Waals surface area contributed by atoms with Gasteiger partial charge in [0.15, 0.2) is 6.10 Å². The number of methoxy groups -OCH3 is 1. The fourth-order valence-corrected chi connectivity index (χ4v) is 2.68. The fourth-order valence-electron chi connectivity index (χ4n) is 2.68. The van der Waals surface area contributed by atoms with Crippen LogP contribution in [0.2, 0.25) is 0 Å². The molecule has 0 aliphatic carbocycles. The average molecular weight is 265 g/mol. The molecule has 4 nitrogen and oxygen atoms in total.